The Morgan fingerprint density at radius 2 is 1.86 bits per heavy atom. The van der Waals surface area contributed by atoms with Crippen LogP contribution < -0.4 is 4.74 Å². The molecule has 1 heterocycles. The van der Waals surface area contributed by atoms with Crippen LogP contribution in [0.2, 0.25) is 0 Å². The number of ether oxygens (including phenoxy) is 2. The summed E-state index contributed by atoms with van der Waals surface area (Å²) < 4.78 is 49.0. The first kappa shape index (κ1) is 20.5. The highest BCUT2D eigenvalue weighted by molar-refractivity contribution is 7.94. The van der Waals surface area contributed by atoms with Crippen LogP contribution in [-0.4, -0.2) is 52.8 Å². The maximum absolute atomic E-state index is 13.2. The standard InChI is InChI=1S/C21H24FNO4S/c22-19-4-1-3-18(17-19)9-16-28(24,25)21-7-5-20(6-8-21)27-13-2-10-23-11-14-26-15-12-23/h1,3-9,16-17H,2,10-15H2. The lowest BCUT2D eigenvalue weighted by atomic mass is 10.2. The lowest BCUT2D eigenvalue weighted by molar-refractivity contribution is 0.0358. The van der Waals surface area contributed by atoms with Crippen LogP contribution in [0.15, 0.2) is 58.8 Å². The number of sulfone groups is 1. The molecule has 0 N–H and O–H groups in total. The van der Waals surface area contributed by atoms with Crippen LogP contribution in [0.5, 0.6) is 5.75 Å². The van der Waals surface area contributed by atoms with Gasteiger partial charge in [-0.15, -0.1) is 0 Å². The molecule has 0 saturated carbocycles. The predicted molar refractivity (Wildman–Crippen MR) is 106 cm³/mol. The Morgan fingerprint density at radius 1 is 1.11 bits per heavy atom. The fourth-order valence-electron chi connectivity index (χ4n) is 2.89. The molecule has 0 bridgehead atoms. The summed E-state index contributed by atoms with van der Waals surface area (Å²) in [6.07, 6.45) is 2.28. The smallest absolute Gasteiger partial charge is 0.199 e. The number of benzene rings is 2. The largest absolute Gasteiger partial charge is 0.494 e. The monoisotopic (exact) mass is 405 g/mol. The number of halogens is 1. The zero-order valence-electron chi connectivity index (χ0n) is 15.6. The summed E-state index contributed by atoms with van der Waals surface area (Å²) in [6, 6.07) is 12.1. The quantitative estimate of drug-likeness (QED) is 0.631. The van der Waals surface area contributed by atoms with Crippen LogP contribution in [-0.2, 0) is 14.6 Å². The van der Waals surface area contributed by atoms with Crippen LogP contribution in [0, 0.1) is 5.82 Å². The summed E-state index contributed by atoms with van der Waals surface area (Å²) in [5.41, 5.74) is 0.490. The van der Waals surface area contributed by atoms with Gasteiger partial charge < -0.3 is 9.47 Å². The minimum atomic E-state index is -3.60. The van der Waals surface area contributed by atoms with Crippen molar-refractivity contribution >= 4 is 15.9 Å². The van der Waals surface area contributed by atoms with Crippen molar-refractivity contribution in [3.8, 4) is 5.75 Å². The lowest BCUT2D eigenvalue weighted by Crippen LogP contribution is -2.37. The SMILES string of the molecule is O=S(=O)(C=Cc1cccc(F)c1)c1ccc(OCCCN2CCOCC2)cc1. The first-order valence-corrected chi connectivity index (χ1v) is 10.8. The molecule has 2 aromatic carbocycles. The molecule has 28 heavy (non-hydrogen) atoms. The van der Waals surface area contributed by atoms with Gasteiger partial charge in [0.1, 0.15) is 11.6 Å². The van der Waals surface area contributed by atoms with Crippen molar-refractivity contribution in [2.75, 3.05) is 39.5 Å². The summed E-state index contributed by atoms with van der Waals surface area (Å²) in [5, 5.41) is 1.08. The molecule has 0 spiro atoms. The van der Waals surface area contributed by atoms with Gasteiger partial charge in [-0.05, 0) is 54.5 Å². The van der Waals surface area contributed by atoms with E-state index >= 15 is 0 Å². The van der Waals surface area contributed by atoms with Crippen molar-refractivity contribution in [3.05, 3.63) is 65.3 Å². The van der Waals surface area contributed by atoms with Gasteiger partial charge in [0.05, 0.1) is 24.7 Å². The van der Waals surface area contributed by atoms with Gasteiger partial charge in [-0.25, -0.2) is 12.8 Å². The van der Waals surface area contributed by atoms with Crippen molar-refractivity contribution in [2.45, 2.75) is 11.3 Å². The zero-order chi connectivity index (χ0) is 19.8. The number of hydrogen-bond acceptors (Lipinski definition) is 5. The minimum Gasteiger partial charge on any atom is -0.494 e. The van der Waals surface area contributed by atoms with E-state index in [9.17, 15) is 12.8 Å². The molecular formula is C21H24FNO4S. The van der Waals surface area contributed by atoms with Crippen molar-refractivity contribution in [3.63, 3.8) is 0 Å². The second-order valence-electron chi connectivity index (χ2n) is 6.53. The van der Waals surface area contributed by atoms with Crippen LogP contribution in [0.1, 0.15) is 12.0 Å². The predicted octanol–water partition coefficient (Wildman–Crippen LogP) is 3.37. The second-order valence-corrected chi connectivity index (χ2v) is 8.36. The van der Waals surface area contributed by atoms with Gasteiger partial charge in [-0.1, -0.05) is 12.1 Å². The molecule has 0 aliphatic carbocycles. The summed E-state index contributed by atoms with van der Waals surface area (Å²) in [4.78, 5) is 2.51. The number of morpholine rings is 1. The normalized spacial score (nSPS) is 15.8. The zero-order valence-corrected chi connectivity index (χ0v) is 16.4. The summed E-state index contributed by atoms with van der Waals surface area (Å²) in [6.45, 7) is 5.00. The number of rotatable bonds is 8. The van der Waals surface area contributed by atoms with E-state index in [0.29, 0.717) is 17.9 Å². The third-order valence-electron chi connectivity index (χ3n) is 4.43. The summed E-state index contributed by atoms with van der Waals surface area (Å²) in [5.74, 6) is 0.227. The summed E-state index contributed by atoms with van der Waals surface area (Å²) >= 11 is 0. The fraction of sp³-hybridized carbons (Fsp3) is 0.333. The van der Waals surface area contributed by atoms with Crippen molar-refractivity contribution < 1.29 is 22.3 Å². The van der Waals surface area contributed by atoms with Gasteiger partial charge in [0.2, 0.25) is 0 Å². The van der Waals surface area contributed by atoms with Crippen molar-refractivity contribution in [1.82, 2.24) is 4.90 Å². The third-order valence-corrected chi connectivity index (χ3v) is 5.86. The maximum Gasteiger partial charge on any atom is 0.199 e. The molecule has 1 aliphatic heterocycles. The molecule has 150 valence electrons. The average molecular weight is 405 g/mol. The molecule has 1 fully saturated rings. The first-order valence-electron chi connectivity index (χ1n) is 9.25. The van der Waals surface area contributed by atoms with E-state index in [1.54, 1.807) is 18.2 Å². The van der Waals surface area contributed by atoms with E-state index in [0.717, 1.165) is 44.7 Å². The molecule has 1 aliphatic rings. The number of hydrogen-bond donors (Lipinski definition) is 0. The van der Waals surface area contributed by atoms with Crippen LogP contribution in [0.4, 0.5) is 4.39 Å². The Balaban J connectivity index is 1.51. The van der Waals surface area contributed by atoms with E-state index in [1.165, 1.54) is 36.4 Å². The molecule has 0 amide bonds. The van der Waals surface area contributed by atoms with Gasteiger partial charge in [0.25, 0.3) is 0 Å². The van der Waals surface area contributed by atoms with Crippen molar-refractivity contribution in [1.29, 1.82) is 0 Å². The van der Waals surface area contributed by atoms with Gasteiger partial charge >= 0.3 is 0 Å². The number of nitrogens with zero attached hydrogens (tertiary/aromatic N) is 1. The Bertz CT molecular complexity index is 891. The highest BCUT2D eigenvalue weighted by Crippen LogP contribution is 2.19. The van der Waals surface area contributed by atoms with Crippen LogP contribution in [0.3, 0.4) is 0 Å². The Labute approximate surface area is 165 Å². The Hall–Kier alpha value is -2.22. The van der Waals surface area contributed by atoms with Crippen LogP contribution >= 0.6 is 0 Å². The molecule has 0 aromatic heterocycles. The molecule has 1 saturated heterocycles. The van der Waals surface area contributed by atoms with Gasteiger partial charge in [-0.3, -0.25) is 4.90 Å². The molecule has 5 nitrogen and oxygen atoms in total. The molecule has 7 heteroatoms. The minimum absolute atomic E-state index is 0.167. The average Bonchev–Trinajstić information content (AvgIpc) is 2.71. The van der Waals surface area contributed by atoms with E-state index in [4.69, 9.17) is 9.47 Å². The van der Waals surface area contributed by atoms with Gasteiger partial charge in [-0.2, -0.15) is 0 Å². The molecule has 2 aromatic rings. The highest BCUT2D eigenvalue weighted by Gasteiger charge is 2.11. The van der Waals surface area contributed by atoms with Crippen LogP contribution in [0.25, 0.3) is 6.08 Å². The van der Waals surface area contributed by atoms with Gasteiger partial charge in [0.15, 0.2) is 9.84 Å². The molecular weight excluding hydrogens is 381 g/mol. The van der Waals surface area contributed by atoms with E-state index in [-0.39, 0.29) is 4.90 Å². The molecule has 0 atom stereocenters. The van der Waals surface area contributed by atoms with Gasteiger partial charge in [0, 0.05) is 25.0 Å². The van der Waals surface area contributed by atoms with E-state index in [1.807, 2.05) is 0 Å². The van der Waals surface area contributed by atoms with Crippen molar-refractivity contribution in [2.24, 2.45) is 0 Å². The second kappa shape index (κ2) is 9.82. The first-order chi connectivity index (χ1) is 13.5. The lowest BCUT2D eigenvalue weighted by Gasteiger charge is -2.26. The topological polar surface area (TPSA) is 55.8 Å². The Kier molecular flexibility index (Phi) is 7.19. The van der Waals surface area contributed by atoms with E-state index < -0.39 is 15.7 Å². The fourth-order valence-corrected chi connectivity index (χ4v) is 3.89. The van der Waals surface area contributed by atoms with E-state index in [2.05, 4.69) is 4.90 Å². The maximum atomic E-state index is 13.2. The summed E-state index contributed by atoms with van der Waals surface area (Å²) in [7, 11) is -3.60. The molecule has 0 unspecified atom stereocenters. The third kappa shape index (κ3) is 6.15. The highest BCUT2D eigenvalue weighted by atomic mass is 32.2. The molecule has 0 radical (unpaired) electrons. The Morgan fingerprint density at radius 3 is 2.57 bits per heavy atom. The molecule has 3 rings (SSSR count).